The fourth-order valence-electron chi connectivity index (χ4n) is 1.67. The first-order valence-electron chi connectivity index (χ1n) is 6.42. The number of rotatable bonds is 6. The quantitative estimate of drug-likeness (QED) is 0.782. The number of carbonyl (C=O) groups excluding carboxylic acids is 1. The van der Waals surface area contributed by atoms with Crippen LogP contribution in [0.3, 0.4) is 0 Å². The number of benzene rings is 1. The highest BCUT2D eigenvalue weighted by atomic mass is 16.5. The van der Waals surface area contributed by atoms with Crippen molar-refractivity contribution in [1.82, 2.24) is 4.98 Å². The van der Waals surface area contributed by atoms with Crippen LogP contribution in [0.5, 0.6) is 0 Å². The van der Waals surface area contributed by atoms with Gasteiger partial charge in [-0.05, 0) is 42.3 Å². The number of aromatic nitrogens is 1. The van der Waals surface area contributed by atoms with E-state index in [0.717, 1.165) is 18.7 Å². The predicted molar refractivity (Wildman–Crippen MR) is 75.1 cm³/mol. The monoisotopic (exact) mass is 258 g/mol. The fourth-order valence-corrected chi connectivity index (χ4v) is 1.67. The summed E-state index contributed by atoms with van der Waals surface area (Å²) >= 11 is 0. The highest BCUT2D eigenvalue weighted by Gasteiger charge is 2.05. The van der Waals surface area contributed by atoms with Crippen LogP contribution in [-0.4, -0.2) is 17.6 Å². The van der Waals surface area contributed by atoms with Gasteiger partial charge in [-0.25, -0.2) is 4.79 Å². The standard InChI is InChI=1S/C15H18N2O2/c1-2-9-19-15(18)13-3-5-14(6-4-13)17-11-12-7-8-16-10-12/h3-8,10,16-17H,2,9,11H2,1H3. The van der Waals surface area contributed by atoms with E-state index in [1.54, 1.807) is 12.1 Å². The Labute approximate surface area is 112 Å². The lowest BCUT2D eigenvalue weighted by atomic mass is 10.2. The van der Waals surface area contributed by atoms with Crippen LogP contribution in [0.25, 0.3) is 0 Å². The molecule has 1 aromatic heterocycles. The van der Waals surface area contributed by atoms with Gasteiger partial charge < -0.3 is 15.0 Å². The molecule has 4 heteroatoms. The number of hydrogen-bond donors (Lipinski definition) is 2. The van der Waals surface area contributed by atoms with Gasteiger partial charge in [-0.15, -0.1) is 0 Å². The van der Waals surface area contributed by atoms with E-state index >= 15 is 0 Å². The van der Waals surface area contributed by atoms with E-state index in [-0.39, 0.29) is 5.97 Å². The van der Waals surface area contributed by atoms with E-state index in [1.165, 1.54) is 5.56 Å². The molecule has 0 spiro atoms. The van der Waals surface area contributed by atoms with E-state index < -0.39 is 0 Å². The fraction of sp³-hybridized carbons (Fsp3) is 0.267. The molecule has 0 aliphatic rings. The number of aromatic amines is 1. The molecule has 0 saturated carbocycles. The second-order valence-corrected chi connectivity index (χ2v) is 4.29. The molecule has 0 bridgehead atoms. The Kier molecular flexibility index (Phi) is 4.61. The van der Waals surface area contributed by atoms with Gasteiger partial charge in [0.05, 0.1) is 12.2 Å². The molecule has 0 saturated heterocycles. The van der Waals surface area contributed by atoms with E-state index in [2.05, 4.69) is 10.3 Å². The van der Waals surface area contributed by atoms with Gasteiger partial charge >= 0.3 is 5.97 Å². The average molecular weight is 258 g/mol. The number of H-pyrrole nitrogens is 1. The van der Waals surface area contributed by atoms with Crippen molar-refractivity contribution in [2.75, 3.05) is 11.9 Å². The Balaban J connectivity index is 1.89. The molecule has 100 valence electrons. The molecule has 0 atom stereocenters. The van der Waals surface area contributed by atoms with Gasteiger partial charge in [0.1, 0.15) is 0 Å². The maximum atomic E-state index is 11.6. The van der Waals surface area contributed by atoms with Gasteiger partial charge in [-0.2, -0.15) is 0 Å². The number of ether oxygens (including phenoxy) is 1. The summed E-state index contributed by atoms with van der Waals surface area (Å²) in [5, 5.41) is 3.28. The van der Waals surface area contributed by atoms with Gasteiger partial charge in [0.2, 0.25) is 0 Å². The van der Waals surface area contributed by atoms with Crippen LogP contribution in [0, 0.1) is 0 Å². The summed E-state index contributed by atoms with van der Waals surface area (Å²) in [6.45, 7) is 3.19. The Hall–Kier alpha value is -2.23. The highest BCUT2D eigenvalue weighted by Crippen LogP contribution is 2.12. The second kappa shape index (κ2) is 6.64. The highest BCUT2D eigenvalue weighted by molar-refractivity contribution is 5.89. The van der Waals surface area contributed by atoms with Crippen molar-refractivity contribution in [2.45, 2.75) is 19.9 Å². The van der Waals surface area contributed by atoms with Crippen LogP contribution in [0.1, 0.15) is 29.3 Å². The van der Waals surface area contributed by atoms with Crippen molar-refractivity contribution in [3.63, 3.8) is 0 Å². The van der Waals surface area contributed by atoms with E-state index in [1.807, 2.05) is 37.5 Å². The molecule has 19 heavy (non-hydrogen) atoms. The smallest absolute Gasteiger partial charge is 0.338 e. The van der Waals surface area contributed by atoms with Crippen molar-refractivity contribution >= 4 is 11.7 Å². The minimum absolute atomic E-state index is 0.265. The van der Waals surface area contributed by atoms with Crippen molar-refractivity contribution < 1.29 is 9.53 Å². The van der Waals surface area contributed by atoms with Crippen LogP contribution in [0.2, 0.25) is 0 Å². The summed E-state index contributed by atoms with van der Waals surface area (Å²) in [4.78, 5) is 14.6. The molecule has 0 fully saturated rings. The van der Waals surface area contributed by atoms with Crippen LogP contribution >= 0.6 is 0 Å². The minimum atomic E-state index is -0.265. The lowest BCUT2D eigenvalue weighted by molar-refractivity contribution is 0.0505. The Morgan fingerprint density at radius 3 is 2.68 bits per heavy atom. The molecule has 2 aromatic rings. The molecule has 0 unspecified atom stereocenters. The largest absolute Gasteiger partial charge is 0.462 e. The summed E-state index contributed by atoms with van der Waals surface area (Å²) in [6, 6.07) is 9.34. The van der Waals surface area contributed by atoms with E-state index in [4.69, 9.17) is 4.74 Å². The van der Waals surface area contributed by atoms with Gasteiger partial charge in [0.25, 0.3) is 0 Å². The maximum absolute atomic E-state index is 11.6. The molecule has 0 radical (unpaired) electrons. The number of nitrogens with one attached hydrogen (secondary N) is 2. The van der Waals surface area contributed by atoms with Gasteiger partial charge in [0, 0.05) is 24.6 Å². The average Bonchev–Trinajstić information content (AvgIpc) is 2.96. The van der Waals surface area contributed by atoms with Crippen LogP contribution in [-0.2, 0) is 11.3 Å². The Morgan fingerprint density at radius 1 is 1.26 bits per heavy atom. The van der Waals surface area contributed by atoms with Crippen LogP contribution in [0.15, 0.2) is 42.7 Å². The SMILES string of the molecule is CCCOC(=O)c1ccc(NCc2cc[nH]c2)cc1. The zero-order valence-corrected chi connectivity index (χ0v) is 11.0. The summed E-state index contributed by atoms with van der Waals surface area (Å²) in [5.74, 6) is -0.265. The maximum Gasteiger partial charge on any atom is 0.338 e. The normalized spacial score (nSPS) is 10.2. The second-order valence-electron chi connectivity index (χ2n) is 4.29. The van der Waals surface area contributed by atoms with Crippen molar-refractivity contribution in [2.24, 2.45) is 0 Å². The molecular weight excluding hydrogens is 240 g/mol. The zero-order chi connectivity index (χ0) is 13.5. The summed E-state index contributed by atoms with van der Waals surface area (Å²) in [5.41, 5.74) is 2.75. The summed E-state index contributed by atoms with van der Waals surface area (Å²) in [7, 11) is 0. The molecule has 0 amide bonds. The molecule has 4 nitrogen and oxygen atoms in total. The minimum Gasteiger partial charge on any atom is -0.462 e. The molecule has 1 heterocycles. The Morgan fingerprint density at radius 2 is 2.05 bits per heavy atom. The molecular formula is C15H18N2O2. The van der Waals surface area contributed by atoms with Crippen molar-refractivity contribution in [1.29, 1.82) is 0 Å². The first kappa shape index (κ1) is 13.2. The molecule has 1 aromatic carbocycles. The summed E-state index contributed by atoms with van der Waals surface area (Å²) in [6.07, 6.45) is 4.68. The third-order valence-electron chi connectivity index (χ3n) is 2.72. The Bertz CT molecular complexity index is 503. The molecule has 2 rings (SSSR count). The molecule has 0 aliphatic heterocycles. The van der Waals surface area contributed by atoms with Crippen molar-refractivity contribution in [3.8, 4) is 0 Å². The third-order valence-corrected chi connectivity index (χ3v) is 2.72. The number of anilines is 1. The lowest BCUT2D eigenvalue weighted by Gasteiger charge is -2.06. The van der Waals surface area contributed by atoms with E-state index in [9.17, 15) is 4.79 Å². The van der Waals surface area contributed by atoms with Gasteiger partial charge in [-0.3, -0.25) is 0 Å². The predicted octanol–water partition coefficient (Wildman–Crippen LogP) is 3.19. The third kappa shape index (κ3) is 3.88. The van der Waals surface area contributed by atoms with Gasteiger partial charge in [-0.1, -0.05) is 6.92 Å². The zero-order valence-electron chi connectivity index (χ0n) is 11.0. The number of esters is 1. The number of hydrogen-bond acceptors (Lipinski definition) is 3. The van der Waals surface area contributed by atoms with Crippen LogP contribution < -0.4 is 5.32 Å². The van der Waals surface area contributed by atoms with Crippen LogP contribution in [0.4, 0.5) is 5.69 Å². The van der Waals surface area contributed by atoms with E-state index in [0.29, 0.717) is 12.2 Å². The summed E-state index contributed by atoms with van der Waals surface area (Å²) < 4.78 is 5.07. The van der Waals surface area contributed by atoms with Crippen molar-refractivity contribution in [3.05, 3.63) is 53.9 Å². The van der Waals surface area contributed by atoms with Gasteiger partial charge in [0.15, 0.2) is 0 Å². The number of carbonyl (C=O) groups is 1. The molecule has 0 aliphatic carbocycles. The lowest BCUT2D eigenvalue weighted by Crippen LogP contribution is -2.06. The molecule has 2 N–H and O–H groups in total. The first-order valence-corrected chi connectivity index (χ1v) is 6.42. The topological polar surface area (TPSA) is 54.1 Å². The first-order chi connectivity index (χ1) is 9.29.